The van der Waals surface area contributed by atoms with E-state index in [4.69, 9.17) is 19.6 Å². The van der Waals surface area contributed by atoms with Crippen LogP contribution in [0, 0.1) is 26.8 Å². The van der Waals surface area contributed by atoms with Gasteiger partial charge in [-0.25, -0.2) is 17.6 Å². The van der Waals surface area contributed by atoms with Crippen LogP contribution < -0.4 is 5.46 Å². The van der Waals surface area contributed by atoms with E-state index in [9.17, 15) is 17.6 Å². The lowest BCUT2D eigenvalue weighted by Crippen LogP contribution is -2.30. The van der Waals surface area contributed by atoms with Gasteiger partial charge in [0.2, 0.25) is 0 Å². The van der Waals surface area contributed by atoms with E-state index in [-0.39, 0.29) is 5.46 Å². The molecule has 0 aliphatic heterocycles. The third-order valence-electron chi connectivity index (χ3n) is 3.89. The molecule has 0 heterocycles. The highest BCUT2D eigenvalue weighted by Crippen LogP contribution is 2.20. The molecule has 4 aromatic rings. The molecule has 0 saturated carbocycles. The maximum atomic E-state index is 12.9. The van der Waals surface area contributed by atoms with Crippen LogP contribution in [0.3, 0.4) is 0 Å². The molecule has 0 fully saturated rings. The smallest absolute Gasteiger partial charge is 0.423 e. The van der Waals surface area contributed by atoms with Crippen LogP contribution in [0.25, 0.3) is 11.1 Å². The summed E-state index contributed by atoms with van der Waals surface area (Å²) < 4.78 is 51.7. The number of benzene rings is 4. The van der Waals surface area contributed by atoms with Crippen molar-refractivity contribution in [2.45, 2.75) is 13.8 Å². The first-order valence-corrected chi connectivity index (χ1v) is 12.0. The summed E-state index contributed by atoms with van der Waals surface area (Å²) in [6.45, 7) is 2.89. The van der Waals surface area contributed by atoms with E-state index < -0.39 is 30.4 Å². The zero-order valence-electron chi connectivity index (χ0n) is 20.6. The molecule has 38 heavy (non-hydrogen) atoms. The molecular formula is C28H26BF4IO4. The Morgan fingerprint density at radius 1 is 0.605 bits per heavy atom. The van der Waals surface area contributed by atoms with Crippen molar-refractivity contribution in [2.75, 3.05) is 0 Å². The first-order chi connectivity index (χ1) is 18.1. The first kappa shape index (κ1) is 34.7. The summed E-state index contributed by atoms with van der Waals surface area (Å²) in [6, 6.07) is 25.2. The Kier molecular flexibility index (Phi) is 18.9. The van der Waals surface area contributed by atoms with Gasteiger partial charge < -0.3 is 19.6 Å². The molecule has 0 atom stereocenters. The van der Waals surface area contributed by atoms with Crippen LogP contribution in [-0.2, 0) is 9.59 Å². The van der Waals surface area contributed by atoms with Gasteiger partial charge in [-0.1, -0.05) is 48.5 Å². The van der Waals surface area contributed by atoms with E-state index >= 15 is 0 Å². The summed E-state index contributed by atoms with van der Waals surface area (Å²) in [5.74, 6) is -2.76. The molecule has 2 N–H and O–H groups in total. The molecule has 0 amide bonds. The van der Waals surface area contributed by atoms with Crippen molar-refractivity contribution in [1.29, 1.82) is 0 Å². The molecule has 0 bridgehead atoms. The molecule has 0 spiro atoms. The molecule has 4 rings (SSSR count). The molecule has 0 radical (unpaired) electrons. The van der Waals surface area contributed by atoms with Gasteiger partial charge >= 0.3 is 7.12 Å². The Labute approximate surface area is 233 Å². The zero-order chi connectivity index (χ0) is 28.9. The number of aldehydes is 2. The van der Waals surface area contributed by atoms with Crippen molar-refractivity contribution in [3.8, 4) is 11.1 Å². The number of hydrogen-bond donors (Lipinski definition) is 2. The lowest BCUT2D eigenvalue weighted by Gasteiger charge is -2.01. The SMILES string of the molecule is CC=O.CC=O.Fc1cc(F)cc(-c2ccccc2)c1.Ic1ccccc1.OB(O)c1cc(F)cc(F)c1. The summed E-state index contributed by atoms with van der Waals surface area (Å²) in [5.41, 5.74) is 1.18. The van der Waals surface area contributed by atoms with E-state index in [0.717, 1.165) is 36.3 Å². The normalized spacial score (nSPS) is 8.87. The molecule has 0 aliphatic carbocycles. The molecule has 0 saturated heterocycles. The van der Waals surface area contributed by atoms with Crippen LogP contribution in [0.4, 0.5) is 17.6 Å². The molecule has 0 unspecified atom stereocenters. The molecule has 4 nitrogen and oxygen atoms in total. The molecule has 0 aromatic heterocycles. The standard InChI is InChI=1S/C12H8F2.C6H5BF2O2.C6H5I.2C2H4O/c13-11-6-10(7-12(14)8-11)9-4-2-1-3-5-9;8-5-1-4(7(10)11)2-6(9)3-5;7-6-4-2-1-3-5-6;2*1-2-3/h1-8H;1-3,10-11H;1-5H;2*2H,1H3. The van der Waals surface area contributed by atoms with E-state index in [1.165, 1.54) is 29.6 Å². The number of hydrogen-bond acceptors (Lipinski definition) is 4. The summed E-state index contributed by atoms with van der Waals surface area (Å²) in [4.78, 5) is 17.6. The van der Waals surface area contributed by atoms with Crippen LogP contribution in [0.5, 0.6) is 0 Å². The van der Waals surface area contributed by atoms with Crippen LogP contribution in [-0.4, -0.2) is 29.7 Å². The Balaban J connectivity index is 0.000000508. The van der Waals surface area contributed by atoms with Gasteiger partial charge in [0.15, 0.2) is 0 Å². The number of rotatable bonds is 2. The summed E-state index contributed by atoms with van der Waals surface area (Å²) in [6.07, 6.45) is 1.50. The van der Waals surface area contributed by atoms with Crippen molar-refractivity contribution in [3.05, 3.63) is 124 Å². The predicted molar refractivity (Wildman–Crippen MR) is 151 cm³/mol. The highest BCUT2D eigenvalue weighted by molar-refractivity contribution is 14.1. The predicted octanol–water partition coefficient (Wildman–Crippen LogP) is 5.98. The third kappa shape index (κ3) is 16.4. The van der Waals surface area contributed by atoms with Gasteiger partial charge in [0, 0.05) is 15.7 Å². The van der Waals surface area contributed by atoms with Crippen molar-refractivity contribution < 1.29 is 37.2 Å². The first-order valence-electron chi connectivity index (χ1n) is 10.9. The molecule has 0 aliphatic rings. The largest absolute Gasteiger partial charge is 0.488 e. The molecular weight excluding hydrogens is 614 g/mol. The van der Waals surface area contributed by atoms with Crippen molar-refractivity contribution >= 4 is 47.7 Å². The monoisotopic (exact) mass is 640 g/mol. The summed E-state index contributed by atoms with van der Waals surface area (Å²) in [7, 11) is -1.83. The van der Waals surface area contributed by atoms with E-state index in [0.29, 0.717) is 11.6 Å². The van der Waals surface area contributed by atoms with Gasteiger partial charge in [0.1, 0.15) is 35.8 Å². The quantitative estimate of drug-likeness (QED) is 0.123. The fraction of sp³-hybridized carbons (Fsp3) is 0.0714. The highest BCUT2D eigenvalue weighted by Gasteiger charge is 2.12. The zero-order valence-corrected chi connectivity index (χ0v) is 22.7. The fourth-order valence-corrected chi connectivity index (χ4v) is 2.91. The number of carbonyl (C=O) groups excluding carboxylic acids is 2. The Bertz CT molecular complexity index is 1170. The second-order valence-electron chi connectivity index (χ2n) is 6.87. The average molecular weight is 640 g/mol. The maximum absolute atomic E-state index is 12.9. The van der Waals surface area contributed by atoms with Crippen molar-refractivity contribution in [3.63, 3.8) is 0 Å². The maximum Gasteiger partial charge on any atom is 0.488 e. The number of halogens is 5. The van der Waals surface area contributed by atoms with Gasteiger partial charge in [-0.2, -0.15) is 0 Å². The van der Waals surface area contributed by atoms with E-state index in [2.05, 4.69) is 34.7 Å². The molecule has 200 valence electrons. The van der Waals surface area contributed by atoms with E-state index in [1.54, 1.807) is 0 Å². The van der Waals surface area contributed by atoms with Gasteiger partial charge in [0.25, 0.3) is 0 Å². The minimum atomic E-state index is -1.83. The van der Waals surface area contributed by atoms with Crippen molar-refractivity contribution in [2.24, 2.45) is 0 Å². The lowest BCUT2D eigenvalue weighted by molar-refractivity contribution is -0.106. The average Bonchev–Trinajstić information content (AvgIpc) is 2.86. The minimum absolute atomic E-state index is 0.192. The fourth-order valence-electron chi connectivity index (χ4n) is 2.49. The summed E-state index contributed by atoms with van der Waals surface area (Å²) >= 11 is 2.28. The number of carbonyl (C=O) groups is 2. The van der Waals surface area contributed by atoms with Crippen LogP contribution in [0.2, 0.25) is 0 Å². The van der Waals surface area contributed by atoms with Crippen LogP contribution >= 0.6 is 22.6 Å². The van der Waals surface area contributed by atoms with Gasteiger partial charge in [-0.05, 0) is 89.4 Å². The van der Waals surface area contributed by atoms with Gasteiger partial charge in [-0.3, -0.25) is 0 Å². The highest BCUT2D eigenvalue weighted by atomic mass is 127. The van der Waals surface area contributed by atoms with Gasteiger partial charge in [-0.15, -0.1) is 0 Å². The minimum Gasteiger partial charge on any atom is -0.423 e. The molecule has 4 aromatic carbocycles. The van der Waals surface area contributed by atoms with Crippen LogP contribution in [0.15, 0.2) is 97.1 Å². The summed E-state index contributed by atoms with van der Waals surface area (Å²) in [5, 5.41) is 17.0. The topological polar surface area (TPSA) is 74.6 Å². The van der Waals surface area contributed by atoms with Gasteiger partial charge in [0.05, 0.1) is 0 Å². The molecule has 10 heteroatoms. The third-order valence-corrected chi connectivity index (χ3v) is 4.60. The van der Waals surface area contributed by atoms with Crippen LogP contribution in [0.1, 0.15) is 13.8 Å². The van der Waals surface area contributed by atoms with E-state index in [1.807, 2.05) is 48.5 Å². The Hall–Kier alpha value is -3.35. The Morgan fingerprint density at radius 2 is 0.947 bits per heavy atom. The Morgan fingerprint density at radius 3 is 1.26 bits per heavy atom. The van der Waals surface area contributed by atoms with Crippen molar-refractivity contribution in [1.82, 2.24) is 0 Å². The second-order valence-corrected chi connectivity index (χ2v) is 8.11. The second kappa shape index (κ2) is 20.7. The lowest BCUT2D eigenvalue weighted by atomic mass is 9.80.